The zero-order valence-electron chi connectivity index (χ0n) is 11.4. The number of rotatable bonds is 3. The summed E-state index contributed by atoms with van der Waals surface area (Å²) in [6.45, 7) is 3.36. The van der Waals surface area contributed by atoms with Gasteiger partial charge in [0.1, 0.15) is 0 Å². The van der Waals surface area contributed by atoms with Crippen LogP contribution in [0.2, 0.25) is 0 Å². The highest BCUT2D eigenvalue weighted by Gasteiger charge is 2.15. The first kappa shape index (κ1) is 14.6. The number of carbonyl (C=O) groups excluding carboxylic acids is 1. The second-order valence-corrected chi connectivity index (χ2v) is 4.53. The van der Waals surface area contributed by atoms with Gasteiger partial charge < -0.3 is 5.32 Å². The summed E-state index contributed by atoms with van der Waals surface area (Å²) < 4.78 is 12.7. The molecule has 0 saturated carbocycles. The predicted octanol–water partition coefficient (Wildman–Crippen LogP) is 3.00. The van der Waals surface area contributed by atoms with Crippen LogP contribution in [0.15, 0.2) is 30.5 Å². The van der Waals surface area contributed by atoms with Gasteiger partial charge in [-0.15, -0.1) is 0 Å². The fourth-order valence-electron chi connectivity index (χ4n) is 1.88. The van der Waals surface area contributed by atoms with E-state index in [1.54, 1.807) is 19.9 Å². The maximum absolute atomic E-state index is 12.7. The van der Waals surface area contributed by atoms with Crippen molar-refractivity contribution in [2.45, 2.75) is 13.8 Å². The predicted molar refractivity (Wildman–Crippen MR) is 74.7 cm³/mol. The largest absolute Gasteiger partial charge is 0.321 e. The van der Waals surface area contributed by atoms with Crippen LogP contribution in [0.5, 0.6) is 0 Å². The summed E-state index contributed by atoms with van der Waals surface area (Å²) in [6.07, 6.45) is 1.10. The van der Waals surface area contributed by atoms with Gasteiger partial charge in [-0.2, -0.15) is 4.39 Å². The SMILES string of the molecule is Cc1cc(C)c([N+](=O)[O-])cc1NC(=O)c1ccc(F)nc1. The van der Waals surface area contributed by atoms with E-state index in [2.05, 4.69) is 10.3 Å². The molecule has 2 aromatic rings. The van der Waals surface area contributed by atoms with E-state index in [1.165, 1.54) is 12.1 Å². The molecule has 0 spiro atoms. The summed E-state index contributed by atoms with van der Waals surface area (Å²) in [7, 11) is 0. The summed E-state index contributed by atoms with van der Waals surface area (Å²) in [6, 6.07) is 5.28. The van der Waals surface area contributed by atoms with Crippen LogP contribution < -0.4 is 5.32 Å². The Labute approximate surface area is 119 Å². The highest BCUT2D eigenvalue weighted by atomic mass is 19.1. The molecule has 0 aliphatic carbocycles. The summed E-state index contributed by atoms with van der Waals surface area (Å²) >= 11 is 0. The lowest BCUT2D eigenvalue weighted by atomic mass is 10.1. The number of nitrogens with one attached hydrogen (secondary N) is 1. The number of nitro groups is 1. The molecule has 108 valence electrons. The standard InChI is InChI=1S/C14H12FN3O3/c1-8-5-9(2)12(18(20)21)6-11(8)17-14(19)10-3-4-13(15)16-7-10/h3-7H,1-2H3,(H,17,19). The molecule has 0 saturated heterocycles. The van der Waals surface area contributed by atoms with E-state index in [1.807, 2.05) is 0 Å². The maximum Gasteiger partial charge on any atom is 0.274 e. The van der Waals surface area contributed by atoms with Crippen LogP contribution in [0, 0.1) is 29.9 Å². The first-order chi connectivity index (χ1) is 9.88. The van der Waals surface area contributed by atoms with E-state index < -0.39 is 16.8 Å². The fourth-order valence-corrected chi connectivity index (χ4v) is 1.88. The number of halogens is 1. The van der Waals surface area contributed by atoms with Gasteiger partial charge in [0.15, 0.2) is 0 Å². The van der Waals surface area contributed by atoms with Crippen molar-refractivity contribution in [3.05, 3.63) is 63.2 Å². The number of hydrogen-bond donors (Lipinski definition) is 1. The number of aryl methyl sites for hydroxylation is 2. The number of pyridine rings is 1. The molecule has 1 amide bonds. The zero-order valence-corrected chi connectivity index (χ0v) is 11.4. The molecule has 0 aliphatic rings. The minimum atomic E-state index is -0.686. The summed E-state index contributed by atoms with van der Waals surface area (Å²) in [5.41, 5.74) is 1.63. The first-order valence-electron chi connectivity index (χ1n) is 6.07. The van der Waals surface area contributed by atoms with E-state index in [-0.39, 0.29) is 11.3 Å². The molecule has 1 heterocycles. The van der Waals surface area contributed by atoms with E-state index in [9.17, 15) is 19.3 Å². The lowest BCUT2D eigenvalue weighted by molar-refractivity contribution is -0.385. The van der Waals surface area contributed by atoms with Crippen molar-refractivity contribution in [2.24, 2.45) is 0 Å². The number of amides is 1. The molecule has 0 unspecified atom stereocenters. The van der Waals surface area contributed by atoms with Crippen LogP contribution in [0.3, 0.4) is 0 Å². The molecule has 1 aromatic carbocycles. The highest BCUT2D eigenvalue weighted by Crippen LogP contribution is 2.26. The summed E-state index contributed by atoms with van der Waals surface area (Å²) in [5.74, 6) is -1.20. The quantitative estimate of drug-likeness (QED) is 0.534. The molecular formula is C14H12FN3O3. The van der Waals surface area contributed by atoms with Crippen LogP contribution in [-0.2, 0) is 0 Å². The number of nitro benzene ring substituents is 1. The molecule has 7 heteroatoms. The Balaban J connectivity index is 2.30. The van der Waals surface area contributed by atoms with Crippen LogP contribution >= 0.6 is 0 Å². The van der Waals surface area contributed by atoms with Gasteiger partial charge in [-0.25, -0.2) is 4.98 Å². The Bertz CT molecular complexity index is 714. The molecule has 6 nitrogen and oxygen atoms in total. The molecule has 0 radical (unpaired) electrons. The monoisotopic (exact) mass is 289 g/mol. The van der Waals surface area contributed by atoms with E-state index >= 15 is 0 Å². The van der Waals surface area contributed by atoms with Crippen molar-refractivity contribution >= 4 is 17.3 Å². The second kappa shape index (κ2) is 5.66. The van der Waals surface area contributed by atoms with Gasteiger partial charge in [0.2, 0.25) is 5.95 Å². The van der Waals surface area contributed by atoms with E-state index in [4.69, 9.17) is 0 Å². The van der Waals surface area contributed by atoms with E-state index in [0.29, 0.717) is 16.8 Å². The van der Waals surface area contributed by atoms with Crippen LogP contribution in [-0.4, -0.2) is 15.8 Å². The number of nitrogens with zero attached hydrogens (tertiary/aromatic N) is 2. The topological polar surface area (TPSA) is 85.1 Å². The lowest BCUT2D eigenvalue weighted by Gasteiger charge is -2.09. The third-order valence-corrected chi connectivity index (χ3v) is 2.98. The van der Waals surface area contributed by atoms with Crippen molar-refractivity contribution < 1.29 is 14.1 Å². The Hall–Kier alpha value is -2.83. The zero-order chi connectivity index (χ0) is 15.6. The van der Waals surface area contributed by atoms with Gasteiger partial charge in [0.25, 0.3) is 11.6 Å². The molecule has 0 fully saturated rings. The first-order valence-corrected chi connectivity index (χ1v) is 6.07. The van der Waals surface area contributed by atoms with Gasteiger partial charge in [-0.05, 0) is 37.6 Å². The van der Waals surface area contributed by atoms with Gasteiger partial charge in [0.05, 0.1) is 16.2 Å². The smallest absolute Gasteiger partial charge is 0.274 e. The normalized spacial score (nSPS) is 10.2. The van der Waals surface area contributed by atoms with Crippen LogP contribution in [0.1, 0.15) is 21.5 Å². The average molecular weight is 289 g/mol. The fraction of sp³-hybridized carbons (Fsp3) is 0.143. The summed E-state index contributed by atoms with van der Waals surface area (Å²) in [4.78, 5) is 25.8. The second-order valence-electron chi connectivity index (χ2n) is 4.53. The van der Waals surface area contributed by atoms with Crippen molar-refractivity contribution in [1.82, 2.24) is 4.98 Å². The van der Waals surface area contributed by atoms with Crippen LogP contribution in [0.4, 0.5) is 15.8 Å². The maximum atomic E-state index is 12.7. The van der Waals surface area contributed by atoms with Crippen molar-refractivity contribution in [2.75, 3.05) is 5.32 Å². The Morgan fingerprint density at radius 1 is 1.29 bits per heavy atom. The molecule has 0 bridgehead atoms. The van der Waals surface area contributed by atoms with Crippen molar-refractivity contribution in [3.63, 3.8) is 0 Å². The Kier molecular flexibility index (Phi) is 3.93. The number of carbonyl (C=O) groups is 1. The molecule has 1 aromatic heterocycles. The van der Waals surface area contributed by atoms with Crippen LogP contribution in [0.25, 0.3) is 0 Å². The molecule has 0 aliphatic heterocycles. The number of benzene rings is 1. The highest BCUT2D eigenvalue weighted by molar-refractivity contribution is 6.04. The lowest BCUT2D eigenvalue weighted by Crippen LogP contribution is -2.13. The number of aromatic nitrogens is 1. The third-order valence-electron chi connectivity index (χ3n) is 2.98. The van der Waals surface area contributed by atoms with Gasteiger partial charge in [-0.3, -0.25) is 14.9 Å². The Morgan fingerprint density at radius 2 is 2.00 bits per heavy atom. The van der Waals surface area contributed by atoms with Gasteiger partial charge in [-0.1, -0.05) is 0 Å². The molecule has 21 heavy (non-hydrogen) atoms. The third kappa shape index (κ3) is 3.19. The Morgan fingerprint density at radius 3 is 2.57 bits per heavy atom. The number of anilines is 1. The van der Waals surface area contributed by atoms with Crippen molar-refractivity contribution in [3.8, 4) is 0 Å². The molecule has 1 N–H and O–H groups in total. The molecule has 0 atom stereocenters. The van der Waals surface area contributed by atoms with Crippen molar-refractivity contribution in [1.29, 1.82) is 0 Å². The molecule has 2 rings (SSSR count). The average Bonchev–Trinajstić information content (AvgIpc) is 2.42. The number of hydrogen-bond acceptors (Lipinski definition) is 4. The van der Waals surface area contributed by atoms with Gasteiger partial charge in [0, 0.05) is 17.8 Å². The van der Waals surface area contributed by atoms with Gasteiger partial charge >= 0.3 is 0 Å². The minimum Gasteiger partial charge on any atom is -0.321 e. The van der Waals surface area contributed by atoms with E-state index in [0.717, 1.165) is 12.3 Å². The minimum absolute atomic E-state index is 0.0758. The molecular weight excluding hydrogens is 277 g/mol. The summed E-state index contributed by atoms with van der Waals surface area (Å²) in [5, 5.41) is 13.5.